The maximum absolute atomic E-state index is 6.37. The second-order valence-electron chi connectivity index (χ2n) is 12.7. The van der Waals surface area contributed by atoms with Gasteiger partial charge in [0.1, 0.15) is 55.4 Å². The summed E-state index contributed by atoms with van der Waals surface area (Å²) in [4.78, 5) is 0. The first kappa shape index (κ1) is 29.8. The van der Waals surface area contributed by atoms with Crippen LogP contribution in [0.3, 0.4) is 0 Å². The minimum atomic E-state index is -0.601. The topological polar surface area (TPSA) is 65.3 Å². The molecular weight excluding hydrogens is 588 g/mol. The van der Waals surface area contributed by atoms with E-state index < -0.39 is 5.41 Å². The summed E-state index contributed by atoms with van der Waals surface area (Å²) in [6.07, 6.45) is 0.494. The third kappa shape index (κ3) is 7.05. The van der Waals surface area contributed by atoms with Gasteiger partial charge in [-0.3, -0.25) is 0 Å². The SMILES string of the molecule is CC(c1ccc(OCC2CO2)cc1)(c1cc(OCC2CO2)cc(-c2ccccc2)c1)c1cc(OCC2CO2)cc(-c2ccccc2)c1. The number of epoxide rings is 3. The van der Waals surface area contributed by atoms with Crippen molar-refractivity contribution in [2.24, 2.45) is 0 Å². The molecule has 0 bridgehead atoms. The summed E-state index contributed by atoms with van der Waals surface area (Å²) >= 11 is 0. The van der Waals surface area contributed by atoms with Crippen LogP contribution < -0.4 is 14.2 Å². The Kier molecular flexibility index (Phi) is 8.16. The molecule has 0 N–H and O–H groups in total. The Morgan fingerprint density at radius 1 is 0.468 bits per heavy atom. The van der Waals surface area contributed by atoms with Gasteiger partial charge in [-0.25, -0.2) is 0 Å². The zero-order valence-corrected chi connectivity index (χ0v) is 26.5. The Morgan fingerprint density at radius 2 is 0.872 bits per heavy atom. The second-order valence-corrected chi connectivity index (χ2v) is 12.7. The molecule has 5 aromatic rings. The summed E-state index contributed by atoms with van der Waals surface area (Å²) in [5, 5.41) is 0. The number of benzene rings is 5. The van der Waals surface area contributed by atoms with Crippen LogP contribution in [0.2, 0.25) is 0 Å². The van der Waals surface area contributed by atoms with Crippen LogP contribution in [-0.4, -0.2) is 58.0 Å². The molecule has 0 spiro atoms. The molecule has 3 aliphatic rings. The van der Waals surface area contributed by atoms with Gasteiger partial charge in [0.15, 0.2) is 0 Å². The highest BCUT2D eigenvalue weighted by atomic mass is 16.6. The van der Waals surface area contributed by atoms with E-state index >= 15 is 0 Å². The van der Waals surface area contributed by atoms with Crippen molar-refractivity contribution in [1.82, 2.24) is 0 Å². The van der Waals surface area contributed by atoms with Gasteiger partial charge in [0.25, 0.3) is 0 Å². The van der Waals surface area contributed by atoms with Crippen LogP contribution in [0.15, 0.2) is 121 Å². The highest BCUT2D eigenvalue weighted by Crippen LogP contribution is 2.45. The minimum absolute atomic E-state index is 0.150. The van der Waals surface area contributed by atoms with Crippen molar-refractivity contribution in [2.75, 3.05) is 39.6 Å². The first-order valence-electron chi connectivity index (χ1n) is 16.4. The molecule has 0 aliphatic carbocycles. The van der Waals surface area contributed by atoms with Gasteiger partial charge in [0.05, 0.1) is 19.8 Å². The molecule has 6 heteroatoms. The van der Waals surface area contributed by atoms with Gasteiger partial charge >= 0.3 is 0 Å². The summed E-state index contributed by atoms with van der Waals surface area (Å²) in [7, 11) is 0. The first-order chi connectivity index (χ1) is 23.1. The zero-order chi connectivity index (χ0) is 31.6. The number of ether oxygens (including phenoxy) is 6. The van der Waals surface area contributed by atoms with E-state index in [4.69, 9.17) is 28.4 Å². The highest BCUT2D eigenvalue weighted by molar-refractivity contribution is 5.71. The molecule has 3 aliphatic heterocycles. The van der Waals surface area contributed by atoms with E-state index in [1.54, 1.807) is 0 Å². The molecule has 0 radical (unpaired) electrons. The molecule has 6 nitrogen and oxygen atoms in total. The summed E-state index contributed by atoms with van der Waals surface area (Å²) < 4.78 is 35.1. The molecule has 238 valence electrons. The largest absolute Gasteiger partial charge is 0.491 e. The Morgan fingerprint density at radius 3 is 1.28 bits per heavy atom. The van der Waals surface area contributed by atoms with Crippen molar-refractivity contribution in [1.29, 1.82) is 0 Å². The van der Waals surface area contributed by atoms with Gasteiger partial charge in [0.2, 0.25) is 0 Å². The van der Waals surface area contributed by atoms with Gasteiger partial charge < -0.3 is 28.4 Å². The van der Waals surface area contributed by atoms with Crippen LogP contribution in [0, 0.1) is 0 Å². The molecule has 3 saturated heterocycles. The molecule has 8 rings (SSSR count). The standard InChI is InChI=1S/C41H38O6/c1-41(32-12-14-35(15-13-32)42-22-38-25-45-38,33-16-30(28-8-4-2-5-9-28)18-36(20-33)43-23-39-26-46-39)34-17-31(29-10-6-3-7-11-29)19-37(21-34)44-24-40-27-47-40/h2-21,38-40H,22-27H2,1H3. The Labute approximate surface area is 275 Å². The van der Waals surface area contributed by atoms with E-state index in [9.17, 15) is 0 Å². The smallest absolute Gasteiger partial charge is 0.120 e. The van der Waals surface area contributed by atoms with E-state index in [0.29, 0.717) is 19.8 Å². The minimum Gasteiger partial charge on any atom is -0.491 e. The molecule has 3 atom stereocenters. The summed E-state index contributed by atoms with van der Waals surface area (Å²) in [5.74, 6) is 2.45. The van der Waals surface area contributed by atoms with Crippen LogP contribution in [-0.2, 0) is 19.6 Å². The zero-order valence-electron chi connectivity index (χ0n) is 26.5. The third-order valence-electron chi connectivity index (χ3n) is 9.13. The maximum Gasteiger partial charge on any atom is 0.120 e. The van der Waals surface area contributed by atoms with Gasteiger partial charge in [-0.1, -0.05) is 72.8 Å². The number of hydrogen-bond acceptors (Lipinski definition) is 6. The Balaban J connectivity index is 1.28. The van der Waals surface area contributed by atoms with Gasteiger partial charge in [0, 0.05) is 5.41 Å². The monoisotopic (exact) mass is 626 g/mol. The van der Waals surface area contributed by atoms with E-state index in [1.165, 1.54) is 0 Å². The van der Waals surface area contributed by atoms with Crippen molar-refractivity contribution in [3.63, 3.8) is 0 Å². The van der Waals surface area contributed by atoms with Crippen molar-refractivity contribution in [3.8, 4) is 39.5 Å². The molecule has 3 heterocycles. The lowest BCUT2D eigenvalue weighted by atomic mass is 9.70. The number of hydrogen-bond donors (Lipinski definition) is 0. The quantitative estimate of drug-likeness (QED) is 0.0930. The van der Waals surface area contributed by atoms with Crippen LogP contribution in [0.25, 0.3) is 22.3 Å². The first-order valence-corrected chi connectivity index (χ1v) is 16.4. The van der Waals surface area contributed by atoms with Crippen LogP contribution in [0.1, 0.15) is 23.6 Å². The average molecular weight is 627 g/mol. The van der Waals surface area contributed by atoms with Gasteiger partial charge in [-0.2, -0.15) is 0 Å². The van der Waals surface area contributed by atoms with Crippen LogP contribution in [0.5, 0.6) is 17.2 Å². The Bertz CT molecular complexity index is 1710. The lowest BCUT2D eigenvalue weighted by Gasteiger charge is -2.33. The molecule has 3 fully saturated rings. The molecule has 47 heavy (non-hydrogen) atoms. The van der Waals surface area contributed by atoms with E-state index in [1.807, 2.05) is 12.1 Å². The van der Waals surface area contributed by atoms with Gasteiger partial charge in [-0.05, 0) is 94.4 Å². The fourth-order valence-corrected chi connectivity index (χ4v) is 5.98. The molecule has 0 amide bonds. The fourth-order valence-electron chi connectivity index (χ4n) is 5.98. The molecule has 0 saturated carbocycles. The highest BCUT2D eigenvalue weighted by Gasteiger charge is 2.34. The predicted molar refractivity (Wildman–Crippen MR) is 181 cm³/mol. The van der Waals surface area contributed by atoms with Crippen molar-refractivity contribution in [2.45, 2.75) is 30.7 Å². The average Bonchev–Trinajstić information content (AvgIpc) is 3.98. The summed E-state index contributed by atoms with van der Waals surface area (Å²) in [6.45, 7) is 6.14. The Hall–Kier alpha value is -4.62. The van der Waals surface area contributed by atoms with Crippen LogP contribution >= 0.6 is 0 Å². The maximum atomic E-state index is 6.37. The lowest BCUT2D eigenvalue weighted by molar-refractivity contribution is 0.262. The molecular formula is C41H38O6. The number of rotatable bonds is 14. The predicted octanol–water partition coefficient (Wildman–Crippen LogP) is 7.71. The van der Waals surface area contributed by atoms with Crippen molar-refractivity contribution in [3.05, 3.63) is 138 Å². The van der Waals surface area contributed by atoms with Crippen LogP contribution in [0.4, 0.5) is 0 Å². The molecule has 0 aromatic heterocycles. The summed E-state index contributed by atoms with van der Waals surface area (Å²) in [5.41, 5.74) is 7.16. The van der Waals surface area contributed by atoms with Crippen molar-refractivity contribution < 1.29 is 28.4 Å². The normalized spacial score (nSPS) is 20.6. The summed E-state index contributed by atoms with van der Waals surface area (Å²) in [6, 6.07) is 42.6. The molecule has 3 unspecified atom stereocenters. The van der Waals surface area contributed by atoms with E-state index in [-0.39, 0.29) is 18.3 Å². The van der Waals surface area contributed by atoms with Gasteiger partial charge in [-0.15, -0.1) is 0 Å². The van der Waals surface area contributed by atoms with E-state index in [2.05, 4.69) is 116 Å². The van der Waals surface area contributed by atoms with E-state index in [0.717, 1.165) is 76.0 Å². The lowest BCUT2D eigenvalue weighted by Crippen LogP contribution is -2.26. The second kappa shape index (κ2) is 12.9. The van der Waals surface area contributed by atoms with Crippen molar-refractivity contribution >= 4 is 0 Å². The fraction of sp³-hybridized carbons (Fsp3) is 0.268. The third-order valence-corrected chi connectivity index (χ3v) is 9.13. The molecule has 5 aromatic carbocycles.